The third-order valence-electron chi connectivity index (χ3n) is 6.29. The van der Waals surface area contributed by atoms with Crippen LogP contribution in [0.3, 0.4) is 0 Å². The summed E-state index contributed by atoms with van der Waals surface area (Å²) in [5.41, 5.74) is 0. The van der Waals surface area contributed by atoms with Crippen LogP contribution in [0.15, 0.2) is 0 Å². The maximum atomic E-state index is 12.9. The maximum absolute atomic E-state index is 12.9. The Morgan fingerprint density at radius 2 is 1.75 bits per heavy atom. The molecule has 3 heterocycles. The van der Waals surface area contributed by atoms with Crippen molar-refractivity contribution in [2.24, 2.45) is 5.92 Å². The molecule has 3 amide bonds. The Balaban J connectivity index is 1.47. The number of amides is 3. The third-order valence-corrected chi connectivity index (χ3v) is 6.29. The second-order valence-electron chi connectivity index (χ2n) is 7.97. The fraction of sp³-hybridized carbons (Fsp3) is 0.850. The van der Waals surface area contributed by atoms with Crippen LogP contribution in [0.1, 0.15) is 39.5 Å². The molecule has 0 radical (unpaired) electrons. The first-order valence-electron chi connectivity index (χ1n) is 10.8. The highest BCUT2D eigenvalue weighted by atomic mass is 16.6. The van der Waals surface area contributed by atoms with E-state index in [1.54, 1.807) is 9.80 Å². The topological polar surface area (TPSA) is 73.4 Å². The molecule has 0 spiro atoms. The molecular formula is C20H34N4O4. The quantitative estimate of drug-likeness (QED) is 0.712. The highest BCUT2D eigenvalue weighted by Crippen LogP contribution is 2.22. The summed E-state index contributed by atoms with van der Waals surface area (Å²) in [6.45, 7) is 10.3. The van der Waals surface area contributed by atoms with E-state index >= 15 is 0 Å². The van der Waals surface area contributed by atoms with E-state index in [9.17, 15) is 14.4 Å². The molecule has 1 unspecified atom stereocenters. The average Bonchev–Trinajstić information content (AvgIpc) is 2.92. The zero-order chi connectivity index (χ0) is 20.1. The Labute approximate surface area is 167 Å². The van der Waals surface area contributed by atoms with E-state index in [0.29, 0.717) is 32.2 Å². The van der Waals surface area contributed by atoms with Crippen LogP contribution in [0, 0.1) is 5.92 Å². The molecule has 0 aliphatic carbocycles. The lowest BCUT2D eigenvalue weighted by molar-refractivity contribution is -0.135. The summed E-state index contributed by atoms with van der Waals surface area (Å²) >= 11 is 0. The average molecular weight is 395 g/mol. The molecule has 1 atom stereocenters. The van der Waals surface area contributed by atoms with Crippen molar-refractivity contribution in [3.05, 3.63) is 0 Å². The summed E-state index contributed by atoms with van der Waals surface area (Å²) in [6, 6.07) is 0.462. The van der Waals surface area contributed by atoms with Gasteiger partial charge in [0.2, 0.25) is 11.8 Å². The molecule has 3 saturated heterocycles. The van der Waals surface area contributed by atoms with Gasteiger partial charge in [0.05, 0.1) is 12.5 Å². The van der Waals surface area contributed by atoms with Crippen LogP contribution < -0.4 is 0 Å². The Hall–Kier alpha value is -1.83. The van der Waals surface area contributed by atoms with Gasteiger partial charge in [0, 0.05) is 64.8 Å². The molecule has 0 bridgehead atoms. The van der Waals surface area contributed by atoms with Crippen LogP contribution in [-0.4, -0.2) is 103 Å². The molecule has 28 heavy (non-hydrogen) atoms. The molecule has 158 valence electrons. The van der Waals surface area contributed by atoms with Crippen LogP contribution in [0.5, 0.6) is 0 Å². The highest BCUT2D eigenvalue weighted by Gasteiger charge is 2.36. The number of piperidine rings is 1. The lowest BCUT2D eigenvalue weighted by Crippen LogP contribution is -2.48. The summed E-state index contributed by atoms with van der Waals surface area (Å²) in [4.78, 5) is 44.7. The first-order valence-corrected chi connectivity index (χ1v) is 10.8. The number of carbonyl (C=O) groups is 3. The number of rotatable bonds is 4. The molecule has 3 rings (SSSR count). The Kier molecular flexibility index (Phi) is 7.15. The van der Waals surface area contributed by atoms with Crippen molar-refractivity contribution in [1.82, 2.24) is 19.6 Å². The molecule has 0 aromatic carbocycles. The number of hydrogen-bond donors (Lipinski definition) is 0. The van der Waals surface area contributed by atoms with Crippen molar-refractivity contribution in [1.29, 1.82) is 0 Å². The molecule has 0 saturated carbocycles. The minimum absolute atomic E-state index is 0.102. The fourth-order valence-electron chi connectivity index (χ4n) is 4.65. The van der Waals surface area contributed by atoms with E-state index in [2.05, 4.69) is 4.90 Å². The summed E-state index contributed by atoms with van der Waals surface area (Å²) < 4.78 is 5.10. The van der Waals surface area contributed by atoms with Crippen LogP contribution in [0.2, 0.25) is 0 Å². The van der Waals surface area contributed by atoms with Gasteiger partial charge in [-0.25, -0.2) is 4.79 Å². The van der Waals surface area contributed by atoms with Crippen LogP contribution >= 0.6 is 0 Å². The van der Waals surface area contributed by atoms with Gasteiger partial charge in [-0.3, -0.25) is 14.5 Å². The van der Waals surface area contributed by atoms with Gasteiger partial charge in [-0.1, -0.05) is 0 Å². The van der Waals surface area contributed by atoms with E-state index in [1.807, 2.05) is 18.7 Å². The largest absolute Gasteiger partial charge is 0.450 e. The van der Waals surface area contributed by atoms with Crippen molar-refractivity contribution in [2.45, 2.75) is 45.6 Å². The molecule has 3 aliphatic rings. The lowest BCUT2D eigenvalue weighted by atomic mass is 10.0. The second-order valence-corrected chi connectivity index (χ2v) is 7.97. The summed E-state index contributed by atoms with van der Waals surface area (Å²) in [7, 11) is 0. The Morgan fingerprint density at radius 3 is 2.39 bits per heavy atom. The molecule has 0 aromatic rings. The number of hydrogen-bond acceptors (Lipinski definition) is 5. The third kappa shape index (κ3) is 4.77. The monoisotopic (exact) mass is 394 g/mol. The van der Waals surface area contributed by atoms with Gasteiger partial charge < -0.3 is 19.4 Å². The zero-order valence-corrected chi connectivity index (χ0v) is 17.3. The van der Waals surface area contributed by atoms with Crippen molar-refractivity contribution in [3.8, 4) is 0 Å². The molecular weight excluding hydrogens is 360 g/mol. The first kappa shape index (κ1) is 20.9. The smallest absolute Gasteiger partial charge is 0.409 e. The summed E-state index contributed by atoms with van der Waals surface area (Å²) in [5.74, 6) is 0.0701. The predicted molar refractivity (Wildman–Crippen MR) is 105 cm³/mol. The number of ether oxygens (including phenoxy) is 1. The van der Waals surface area contributed by atoms with Gasteiger partial charge in [0.25, 0.3) is 0 Å². The maximum Gasteiger partial charge on any atom is 0.409 e. The lowest BCUT2D eigenvalue weighted by Gasteiger charge is -2.37. The molecule has 8 nitrogen and oxygen atoms in total. The molecule has 0 aromatic heterocycles. The van der Waals surface area contributed by atoms with Crippen LogP contribution in [0.4, 0.5) is 4.79 Å². The number of likely N-dealkylation sites (tertiary alicyclic amines) is 2. The zero-order valence-electron chi connectivity index (χ0n) is 17.3. The molecule has 8 heteroatoms. The predicted octanol–water partition coefficient (Wildman–Crippen LogP) is 1.01. The Morgan fingerprint density at radius 1 is 1.00 bits per heavy atom. The second kappa shape index (κ2) is 9.58. The SMILES string of the molecule is CCOC(=O)N1CCC(N2CCCN(C(=O)C3CC(=O)N(CC)C3)CC2)CC1. The number of nitrogens with zero attached hydrogens (tertiary/aromatic N) is 4. The van der Waals surface area contributed by atoms with Crippen molar-refractivity contribution >= 4 is 17.9 Å². The van der Waals surface area contributed by atoms with Gasteiger partial charge >= 0.3 is 6.09 Å². The fourth-order valence-corrected chi connectivity index (χ4v) is 4.65. The minimum atomic E-state index is -0.208. The molecule has 0 N–H and O–H groups in total. The minimum Gasteiger partial charge on any atom is -0.450 e. The molecule has 3 fully saturated rings. The van der Waals surface area contributed by atoms with E-state index in [0.717, 1.165) is 58.5 Å². The van der Waals surface area contributed by atoms with Crippen molar-refractivity contribution < 1.29 is 19.1 Å². The van der Waals surface area contributed by atoms with E-state index in [-0.39, 0.29) is 23.8 Å². The van der Waals surface area contributed by atoms with E-state index in [4.69, 9.17) is 4.74 Å². The molecule has 3 aliphatic heterocycles. The van der Waals surface area contributed by atoms with Gasteiger partial charge in [0.15, 0.2) is 0 Å². The van der Waals surface area contributed by atoms with Crippen molar-refractivity contribution in [3.63, 3.8) is 0 Å². The Bertz CT molecular complexity index is 577. The number of carbonyl (C=O) groups excluding carboxylic acids is 3. The van der Waals surface area contributed by atoms with Crippen LogP contribution in [-0.2, 0) is 14.3 Å². The van der Waals surface area contributed by atoms with E-state index in [1.165, 1.54) is 0 Å². The summed E-state index contributed by atoms with van der Waals surface area (Å²) in [5, 5.41) is 0. The van der Waals surface area contributed by atoms with Crippen molar-refractivity contribution in [2.75, 3.05) is 59.0 Å². The highest BCUT2D eigenvalue weighted by molar-refractivity contribution is 5.89. The van der Waals surface area contributed by atoms with Gasteiger partial charge in [-0.05, 0) is 33.1 Å². The van der Waals surface area contributed by atoms with Crippen LogP contribution in [0.25, 0.3) is 0 Å². The first-order chi connectivity index (χ1) is 13.5. The van der Waals surface area contributed by atoms with Gasteiger partial charge in [-0.15, -0.1) is 0 Å². The summed E-state index contributed by atoms with van der Waals surface area (Å²) in [6.07, 6.45) is 3.02. The van der Waals surface area contributed by atoms with Gasteiger partial charge in [0.1, 0.15) is 0 Å². The van der Waals surface area contributed by atoms with E-state index < -0.39 is 0 Å². The van der Waals surface area contributed by atoms with Gasteiger partial charge in [-0.2, -0.15) is 0 Å². The standard InChI is InChI=1S/C20H34N4O4/c1-3-21-15-16(14-18(21)25)19(26)23-9-5-8-22(12-13-23)17-6-10-24(11-7-17)20(27)28-4-2/h16-17H,3-15H2,1-2H3. The normalized spacial score (nSPS) is 25.1.